The molecule has 4 aromatic rings. The lowest BCUT2D eigenvalue weighted by atomic mass is 10.1. The summed E-state index contributed by atoms with van der Waals surface area (Å²) < 4.78 is 21.2. The van der Waals surface area contributed by atoms with E-state index in [1.54, 1.807) is 35.5 Å². The second-order valence-corrected chi connectivity index (χ2v) is 7.12. The highest BCUT2D eigenvalue weighted by Gasteiger charge is 2.19. The van der Waals surface area contributed by atoms with Gasteiger partial charge in [0.05, 0.1) is 18.7 Å². The van der Waals surface area contributed by atoms with Crippen LogP contribution in [0.2, 0.25) is 0 Å². The van der Waals surface area contributed by atoms with Gasteiger partial charge in [-0.3, -0.25) is 9.36 Å². The van der Waals surface area contributed by atoms with E-state index in [9.17, 15) is 9.18 Å². The molecule has 30 heavy (non-hydrogen) atoms. The highest BCUT2D eigenvalue weighted by molar-refractivity contribution is 5.98. The molecule has 2 aromatic carbocycles. The van der Waals surface area contributed by atoms with Gasteiger partial charge in [-0.05, 0) is 24.3 Å². The molecule has 0 atom stereocenters. The molecule has 1 fully saturated rings. The van der Waals surface area contributed by atoms with Gasteiger partial charge in [0.25, 0.3) is 5.91 Å². The van der Waals surface area contributed by atoms with Crippen molar-refractivity contribution in [1.29, 1.82) is 0 Å². The normalized spacial score (nSPS) is 14.2. The van der Waals surface area contributed by atoms with Crippen molar-refractivity contribution in [1.82, 2.24) is 19.4 Å². The molecule has 1 aliphatic heterocycles. The highest BCUT2D eigenvalue weighted by Crippen LogP contribution is 2.24. The molecule has 150 valence electrons. The number of aromatic nitrogens is 3. The maximum Gasteiger partial charge on any atom is 0.254 e. The Kier molecular flexibility index (Phi) is 4.72. The molecule has 1 aliphatic rings. The van der Waals surface area contributed by atoms with Gasteiger partial charge in [0.2, 0.25) is 5.95 Å². The molecule has 6 nitrogen and oxygen atoms in total. The minimum absolute atomic E-state index is 0.0104. The Labute approximate surface area is 172 Å². The van der Waals surface area contributed by atoms with Gasteiger partial charge in [0.1, 0.15) is 5.82 Å². The molecule has 5 rings (SSSR count). The quantitative estimate of drug-likeness (QED) is 0.524. The van der Waals surface area contributed by atoms with E-state index in [2.05, 4.69) is 9.97 Å². The van der Waals surface area contributed by atoms with E-state index in [-0.39, 0.29) is 11.7 Å². The summed E-state index contributed by atoms with van der Waals surface area (Å²) in [6.45, 7) is 2.32. The van der Waals surface area contributed by atoms with Crippen LogP contribution in [0.5, 0.6) is 0 Å². The molecule has 2 aromatic heterocycles. The number of benzene rings is 2. The van der Waals surface area contributed by atoms with Crippen LogP contribution in [0.1, 0.15) is 10.4 Å². The minimum Gasteiger partial charge on any atom is -0.378 e. The lowest BCUT2D eigenvalue weighted by molar-refractivity contribution is 0.0303. The van der Waals surface area contributed by atoms with Crippen LogP contribution >= 0.6 is 0 Å². The molecule has 0 unspecified atom stereocenters. The fourth-order valence-corrected chi connectivity index (χ4v) is 3.66. The van der Waals surface area contributed by atoms with Crippen LogP contribution in [-0.4, -0.2) is 51.6 Å². The number of ether oxygens (including phenoxy) is 1. The second kappa shape index (κ2) is 7.68. The third-order valence-corrected chi connectivity index (χ3v) is 5.28. The fourth-order valence-electron chi connectivity index (χ4n) is 3.66. The van der Waals surface area contributed by atoms with Crippen molar-refractivity contribution in [3.63, 3.8) is 0 Å². The second-order valence-electron chi connectivity index (χ2n) is 7.12. The standard InChI is InChI=1S/C23H19FN4O2/c24-20-4-2-1-3-19(20)18-14-25-23(26-15-18)28-8-7-16-5-6-17(13-21(16)28)22(29)27-9-11-30-12-10-27/h1-8,13-15H,9-12H2. The lowest BCUT2D eigenvalue weighted by Crippen LogP contribution is -2.40. The number of nitrogens with zero attached hydrogens (tertiary/aromatic N) is 4. The van der Waals surface area contributed by atoms with Crippen molar-refractivity contribution in [2.24, 2.45) is 0 Å². The Morgan fingerprint density at radius 3 is 2.53 bits per heavy atom. The van der Waals surface area contributed by atoms with Crippen molar-refractivity contribution in [3.8, 4) is 17.1 Å². The minimum atomic E-state index is -0.313. The molecule has 0 radical (unpaired) electrons. The summed E-state index contributed by atoms with van der Waals surface area (Å²) in [5.41, 5.74) is 2.52. The Morgan fingerprint density at radius 1 is 1.00 bits per heavy atom. The number of hydrogen-bond acceptors (Lipinski definition) is 4. The number of hydrogen-bond donors (Lipinski definition) is 0. The van der Waals surface area contributed by atoms with Crippen LogP contribution in [-0.2, 0) is 4.74 Å². The molecule has 0 spiro atoms. The Hall–Kier alpha value is -3.58. The lowest BCUT2D eigenvalue weighted by Gasteiger charge is -2.26. The summed E-state index contributed by atoms with van der Waals surface area (Å²) in [5, 5.41) is 0.982. The first-order chi connectivity index (χ1) is 14.7. The SMILES string of the molecule is O=C(c1ccc2ccn(-c3ncc(-c4ccccc4F)cn3)c2c1)N1CCOCC1. The summed E-state index contributed by atoms with van der Waals surface area (Å²) in [7, 11) is 0. The van der Waals surface area contributed by atoms with Crippen molar-refractivity contribution in [3.05, 3.63) is 78.5 Å². The molecule has 0 saturated carbocycles. The smallest absolute Gasteiger partial charge is 0.254 e. The maximum atomic E-state index is 14.0. The van der Waals surface area contributed by atoms with Gasteiger partial charge >= 0.3 is 0 Å². The summed E-state index contributed by atoms with van der Waals surface area (Å²) in [6.07, 6.45) is 5.08. The average molecular weight is 402 g/mol. The first kappa shape index (κ1) is 18.4. The molecule has 0 aliphatic carbocycles. The maximum absolute atomic E-state index is 14.0. The Balaban J connectivity index is 1.48. The highest BCUT2D eigenvalue weighted by atomic mass is 19.1. The van der Waals surface area contributed by atoms with Gasteiger partial charge < -0.3 is 9.64 Å². The number of carbonyl (C=O) groups is 1. The third-order valence-electron chi connectivity index (χ3n) is 5.28. The number of rotatable bonds is 3. The van der Waals surface area contributed by atoms with Crippen LogP contribution in [0, 0.1) is 5.82 Å². The van der Waals surface area contributed by atoms with Crippen molar-refractivity contribution < 1.29 is 13.9 Å². The van der Waals surface area contributed by atoms with Crippen molar-refractivity contribution >= 4 is 16.8 Å². The molecule has 7 heteroatoms. The van der Waals surface area contributed by atoms with E-state index in [0.29, 0.717) is 48.9 Å². The first-order valence-corrected chi connectivity index (χ1v) is 9.76. The first-order valence-electron chi connectivity index (χ1n) is 9.76. The monoisotopic (exact) mass is 402 g/mol. The summed E-state index contributed by atoms with van der Waals surface area (Å²) in [4.78, 5) is 23.5. The molecule has 1 amide bonds. The predicted octanol–water partition coefficient (Wildman–Crippen LogP) is 3.70. The summed E-state index contributed by atoms with van der Waals surface area (Å²) in [5.74, 6) is 0.136. The third kappa shape index (κ3) is 3.33. The van der Waals surface area contributed by atoms with E-state index in [1.165, 1.54) is 6.07 Å². The molecule has 1 saturated heterocycles. The molecular weight excluding hydrogens is 383 g/mol. The number of morpholine rings is 1. The zero-order chi connectivity index (χ0) is 20.5. The van der Waals surface area contributed by atoms with E-state index in [1.807, 2.05) is 35.0 Å². The van der Waals surface area contributed by atoms with Crippen LogP contribution in [0.4, 0.5) is 4.39 Å². The van der Waals surface area contributed by atoms with Crippen LogP contribution in [0.25, 0.3) is 28.0 Å². The van der Waals surface area contributed by atoms with Crippen LogP contribution in [0.15, 0.2) is 67.1 Å². The average Bonchev–Trinajstić information content (AvgIpc) is 3.23. The van der Waals surface area contributed by atoms with Gasteiger partial charge in [-0.15, -0.1) is 0 Å². The topological polar surface area (TPSA) is 60.2 Å². The van der Waals surface area contributed by atoms with Gasteiger partial charge in [0.15, 0.2) is 0 Å². The molecule has 0 N–H and O–H groups in total. The van der Waals surface area contributed by atoms with Gasteiger partial charge in [0, 0.05) is 53.8 Å². The number of halogens is 1. The fraction of sp³-hybridized carbons (Fsp3) is 0.174. The Bertz CT molecular complexity index is 1210. The van der Waals surface area contributed by atoms with Gasteiger partial charge in [-0.25, -0.2) is 14.4 Å². The molecular formula is C23H19FN4O2. The zero-order valence-electron chi connectivity index (χ0n) is 16.2. The van der Waals surface area contributed by atoms with Crippen LogP contribution in [0.3, 0.4) is 0 Å². The van der Waals surface area contributed by atoms with E-state index < -0.39 is 0 Å². The van der Waals surface area contributed by atoms with Gasteiger partial charge in [-0.1, -0.05) is 24.3 Å². The predicted molar refractivity (Wildman–Crippen MR) is 111 cm³/mol. The van der Waals surface area contributed by atoms with Crippen LogP contribution < -0.4 is 0 Å². The Morgan fingerprint density at radius 2 is 1.77 bits per heavy atom. The summed E-state index contributed by atoms with van der Waals surface area (Å²) in [6, 6.07) is 14.1. The molecule has 0 bridgehead atoms. The van der Waals surface area contributed by atoms with Crippen molar-refractivity contribution in [2.75, 3.05) is 26.3 Å². The zero-order valence-corrected chi connectivity index (χ0v) is 16.2. The van der Waals surface area contributed by atoms with E-state index in [0.717, 1.165) is 10.9 Å². The van der Waals surface area contributed by atoms with E-state index in [4.69, 9.17) is 4.74 Å². The van der Waals surface area contributed by atoms with E-state index >= 15 is 0 Å². The number of fused-ring (bicyclic) bond motifs is 1. The number of amides is 1. The largest absolute Gasteiger partial charge is 0.378 e. The number of carbonyl (C=O) groups excluding carboxylic acids is 1. The molecule has 3 heterocycles. The summed E-state index contributed by atoms with van der Waals surface area (Å²) >= 11 is 0. The van der Waals surface area contributed by atoms with Gasteiger partial charge in [-0.2, -0.15) is 0 Å². The van der Waals surface area contributed by atoms with Crippen molar-refractivity contribution in [2.45, 2.75) is 0 Å².